The molecule has 108 valence electrons. The number of carboxylic acid groups (broad SMARTS) is 1. The lowest BCUT2D eigenvalue weighted by Gasteiger charge is -2.19. The van der Waals surface area contributed by atoms with Crippen LogP contribution in [0.5, 0.6) is 0 Å². The Morgan fingerprint density at radius 2 is 2.00 bits per heavy atom. The normalized spacial score (nSPS) is 23.2. The summed E-state index contributed by atoms with van der Waals surface area (Å²) in [5, 5.41) is 12.0. The Hall–Kier alpha value is -1.84. The van der Waals surface area contributed by atoms with E-state index < -0.39 is 11.9 Å². The van der Waals surface area contributed by atoms with E-state index in [-0.39, 0.29) is 17.9 Å². The van der Waals surface area contributed by atoms with Gasteiger partial charge in [-0.1, -0.05) is 43.7 Å². The zero-order valence-electron chi connectivity index (χ0n) is 11.7. The third-order valence-corrected chi connectivity index (χ3v) is 4.04. The highest BCUT2D eigenvalue weighted by Crippen LogP contribution is 2.26. The molecule has 20 heavy (non-hydrogen) atoms. The number of amides is 1. The molecule has 4 nitrogen and oxygen atoms in total. The summed E-state index contributed by atoms with van der Waals surface area (Å²) in [5.74, 6) is -1.14. The van der Waals surface area contributed by atoms with Crippen LogP contribution < -0.4 is 5.32 Å². The second kappa shape index (κ2) is 6.55. The summed E-state index contributed by atoms with van der Waals surface area (Å²) in [6.45, 7) is 2.01. The topological polar surface area (TPSA) is 66.4 Å². The molecule has 4 heteroatoms. The molecule has 0 spiro atoms. The lowest BCUT2D eigenvalue weighted by molar-refractivity contribution is -0.142. The molecular weight excluding hydrogens is 254 g/mol. The lowest BCUT2D eigenvalue weighted by Crippen LogP contribution is -2.40. The largest absolute Gasteiger partial charge is 0.481 e. The van der Waals surface area contributed by atoms with Crippen molar-refractivity contribution in [2.45, 2.75) is 44.6 Å². The summed E-state index contributed by atoms with van der Waals surface area (Å²) in [6, 6.07) is 9.68. The third kappa shape index (κ3) is 3.59. The van der Waals surface area contributed by atoms with Crippen LogP contribution in [0.4, 0.5) is 0 Å². The smallest absolute Gasteiger partial charge is 0.308 e. The number of hydrogen-bond acceptors (Lipinski definition) is 2. The average Bonchev–Trinajstić information content (AvgIpc) is 2.87. The monoisotopic (exact) mass is 275 g/mol. The standard InChI is InChI=1S/C16H21NO3/c1-11(12-6-3-2-4-7-12)10-15(18)17-14-9-5-8-13(14)16(19)20/h2-4,6-7,11,13-14H,5,8-10H2,1H3,(H,17,18)(H,19,20)/t11?,13-,14+/m0/s1. The fraction of sp³-hybridized carbons (Fsp3) is 0.500. The van der Waals surface area contributed by atoms with Gasteiger partial charge in [-0.15, -0.1) is 0 Å². The van der Waals surface area contributed by atoms with Gasteiger partial charge in [0, 0.05) is 12.5 Å². The second-order valence-electron chi connectivity index (χ2n) is 5.57. The number of nitrogens with one attached hydrogen (secondary N) is 1. The van der Waals surface area contributed by atoms with Crippen LogP contribution >= 0.6 is 0 Å². The molecule has 0 aliphatic heterocycles. The number of carbonyl (C=O) groups is 2. The van der Waals surface area contributed by atoms with E-state index in [1.807, 2.05) is 37.3 Å². The molecule has 1 aliphatic carbocycles. The van der Waals surface area contributed by atoms with Gasteiger partial charge in [0.05, 0.1) is 5.92 Å². The van der Waals surface area contributed by atoms with Crippen LogP contribution in [0.3, 0.4) is 0 Å². The Balaban J connectivity index is 1.88. The predicted molar refractivity (Wildman–Crippen MR) is 76.4 cm³/mol. The Kier molecular flexibility index (Phi) is 4.77. The molecule has 1 aliphatic rings. The summed E-state index contributed by atoms with van der Waals surface area (Å²) >= 11 is 0. The predicted octanol–water partition coefficient (Wildman–Crippen LogP) is 2.55. The average molecular weight is 275 g/mol. The molecule has 0 heterocycles. The second-order valence-corrected chi connectivity index (χ2v) is 5.57. The van der Waals surface area contributed by atoms with Crippen molar-refractivity contribution in [3.05, 3.63) is 35.9 Å². The minimum atomic E-state index is -0.802. The summed E-state index contributed by atoms with van der Waals surface area (Å²) in [7, 11) is 0. The molecule has 0 aromatic heterocycles. The van der Waals surface area contributed by atoms with E-state index in [1.54, 1.807) is 0 Å². The van der Waals surface area contributed by atoms with Gasteiger partial charge in [-0.25, -0.2) is 0 Å². The van der Waals surface area contributed by atoms with Crippen molar-refractivity contribution in [1.82, 2.24) is 5.32 Å². The zero-order valence-corrected chi connectivity index (χ0v) is 11.7. The van der Waals surface area contributed by atoms with Crippen molar-refractivity contribution >= 4 is 11.9 Å². The van der Waals surface area contributed by atoms with Crippen LogP contribution in [-0.2, 0) is 9.59 Å². The molecule has 0 radical (unpaired) electrons. The van der Waals surface area contributed by atoms with Gasteiger partial charge in [0.1, 0.15) is 0 Å². The van der Waals surface area contributed by atoms with Gasteiger partial charge in [0.2, 0.25) is 5.91 Å². The molecule has 1 fully saturated rings. The number of rotatable bonds is 5. The number of carbonyl (C=O) groups excluding carboxylic acids is 1. The maximum Gasteiger partial charge on any atom is 0.308 e. The van der Waals surface area contributed by atoms with Crippen molar-refractivity contribution in [1.29, 1.82) is 0 Å². The van der Waals surface area contributed by atoms with E-state index >= 15 is 0 Å². The van der Waals surface area contributed by atoms with Gasteiger partial charge in [0.15, 0.2) is 0 Å². The summed E-state index contributed by atoms with van der Waals surface area (Å²) in [4.78, 5) is 23.1. The van der Waals surface area contributed by atoms with Crippen molar-refractivity contribution in [2.24, 2.45) is 5.92 Å². The van der Waals surface area contributed by atoms with E-state index in [0.29, 0.717) is 12.8 Å². The molecule has 0 bridgehead atoms. The fourth-order valence-corrected chi connectivity index (χ4v) is 2.87. The maximum absolute atomic E-state index is 12.0. The molecule has 1 aromatic carbocycles. The highest BCUT2D eigenvalue weighted by molar-refractivity contribution is 5.79. The van der Waals surface area contributed by atoms with Gasteiger partial charge >= 0.3 is 5.97 Å². The number of benzene rings is 1. The van der Waals surface area contributed by atoms with E-state index in [2.05, 4.69) is 5.32 Å². The van der Waals surface area contributed by atoms with Crippen LogP contribution in [0.1, 0.15) is 44.1 Å². The van der Waals surface area contributed by atoms with Crippen LogP contribution in [0.15, 0.2) is 30.3 Å². The number of aliphatic carboxylic acids is 1. The highest BCUT2D eigenvalue weighted by atomic mass is 16.4. The first-order valence-electron chi connectivity index (χ1n) is 7.15. The first kappa shape index (κ1) is 14.6. The SMILES string of the molecule is CC(CC(=O)N[C@@H]1CCC[C@@H]1C(=O)O)c1ccccc1. The van der Waals surface area contributed by atoms with Crippen molar-refractivity contribution < 1.29 is 14.7 Å². The minimum absolute atomic E-state index is 0.0560. The minimum Gasteiger partial charge on any atom is -0.481 e. The first-order chi connectivity index (χ1) is 9.58. The fourth-order valence-electron chi connectivity index (χ4n) is 2.87. The molecule has 1 saturated carbocycles. The molecule has 1 unspecified atom stereocenters. The van der Waals surface area contributed by atoms with Gasteiger partial charge in [-0.2, -0.15) is 0 Å². The molecule has 3 atom stereocenters. The quantitative estimate of drug-likeness (QED) is 0.868. The number of carboxylic acids is 1. The van der Waals surface area contributed by atoms with Crippen LogP contribution in [0, 0.1) is 5.92 Å². The summed E-state index contributed by atoms with van der Waals surface area (Å²) in [6.07, 6.45) is 2.69. The summed E-state index contributed by atoms with van der Waals surface area (Å²) in [5.41, 5.74) is 1.13. The Bertz CT molecular complexity index is 472. The van der Waals surface area contributed by atoms with E-state index in [4.69, 9.17) is 5.11 Å². The van der Waals surface area contributed by atoms with Gasteiger partial charge in [-0.05, 0) is 24.3 Å². The van der Waals surface area contributed by atoms with Crippen molar-refractivity contribution in [2.75, 3.05) is 0 Å². The Morgan fingerprint density at radius 3 is 2.65 bits per heavy atom. The van der Waals surface area contributed by atoms with Crippen molar-refractivity contribution in [3.63, 3.8) is 0 Å². The third-order valence-electron chi connectivity index (χ3n) is 4.04. The number of hydrogen-bond donors (Lipinski definition) is 2. The van der Waals surface area contributed by atoms with E-state index in [0.717, 1.165) is 18.4 Å². The van der Waals surface area contributed by atoms with Crippen molar-refractivity contribution in [3.8, 4) is 0 Å². The van der Waals surface area contributed by atoms with Gasteiger partial charge in [0.25, 0.3) is 0 Å². The van der Waals surface area contributed by atoms with Crippen LogP contribution in [0.25, 0.3) is 0 Å². The lowest BCUT2D eigenvalue weighted by atomic mass is 9.97. The molecule has 1 aromatic rings. The van der Waals surface area contributed by atoms with E-state index in [9.17, 15) is 9.59 Å². The maximum atomic E-state index is 12.0. The van der Waals surface area contributed by atoms with E-state index in [1.165, 1.54) is 0 Å². The van der Waals surface area contributed by atoms with Gasteiger partial charge in [-0.3, -0.25) is 9.59 Å². The first-order valence-corrected chi connectivity index (χ1v) is 7.15. The van der Waals surface area contributed by atoms with Crippen LogP contribution in [0.2, 0.25) is 0 Å². The Labute approximate surface area is 119 Å². The van der Waals surface area contributed by atoms with Gasteiger partial charge < -0.3 is 10.4 Å². The zero-order chi connectivity index (χ0) is 14.5. The molecule has 2 rings (SSSR count). The molecular formula is C16H21NO3. The summed E-state index contributed by atoms with van der Waals surface area (Å²) < 4.78 is 0. The molecule has 2 N–H and O–H groups in total. The molecule has 1 amide bonds. The molecule has 0 saturated heterocycles. The van der Waals surface area contributed by atoms with Crippen LogP contribution in [-0.4, -0.2) is 23.0 Å². The Morgan fingerprint density at radius 1 is 1.30 bits per heavy atom. The highest BCUT2D eigenvalue weighted by Gasteiger charge is 2.33.